The fourth-order valence-electron chi connectivity index (χ4n) is 1.85. The molecule has 0 fully saturated rings. The third-order valence-electron chi connectivity index (χ3n) is 3.11. The molecule has 3 rings (SSSR count). The van der Waals surface area contributed by atoms with E-state index in [4.69, 9.17) is 4.52 Å². The summed E-state index contributed by atoms with van der Waals surface area (Å²) < 4.78 is 7.01. The Kier molecular flexibility index (Phi) is 5.64. The van der Waals surface area contributed by atoms with Crippen LogP contribution in [-0.2, 0) is 13.0 Å². The van der Waals surface area contributed by atoms with Gasteiger partial charge in [-0.15, -0.1) is 28.8 Å². The zero-order chi connectivity index (χ0) is 14.7. The number of nitrogens with zero attached hydrogens (tertiary/aromatic N) is 5. The summed E-state index contributed by atoms with van der Waals surface area (Å²) in [5, 5.41) is 17.3. The zero-order valence-corrected chi connectivity index (χ0v) is 13.9. The van der Waals surface area contributed by atoms with E-state index in [0.29, 0.717) is 36.4 Å². The highest BCUT2D eigenvalue weighted by Gasteiger charge is 2.14. The predicted molar refractivity (Wildman–Crippen MR) is 86.2 cm³/mol. The summed E-state index contributed by atoms with van der Waals surface area (Å²) in [6.07, 6.45) is 2.53. The first-order chi connectivity index (χ1) is 10.2. The Labute approximate surface area is 138 Å². The van der Waals surface area contributed by atoms with Crippen molar-refractivity contribution in [1.29, 1.82) is 0 Å². The molecule has 0 bridgehead atoms. The van der Waals surface area contributed by atoms with E-state index in [9.17, 15) is 0 Å². The molecule has 0 aliphatic carbocycles. The molecule has 0 saturated heterocycles. The topological polar surface area (TPSA) is 81.7 Å². The normalized spacial score (nSPS) is 12.1. The highest BCUT2D eigenvalue weighted by Crippen LogP contribution is 2.15. The van der Waals surface area contributed by atoms with Crippen LogP contribution >= 0.6 is 23.7 Å². The van der Waals surface area contributed by atoms with Crippen molar-refractivity contribution in [2.24, 2.45) is 0 Å². The van der Waals surface area contributed by atoms with E-state index in [0.717, 1.165) is 0 Å². The lowest BCUT2D eigenvalue weighted by Crippen LogP contribution is -2.24. The van der Waals surface area contributed by atoms with Crippen LogP contribution in [0.3, 0.4) is 0 Å². The van der Waals surface area contributed by atoms with Crippen LogP contribution in [0.1, 0.15) is 17.6 Å². The summed E-state index contributed by atoms with van der Waals surface area (Å²) in [5.41, 5.74) is 0.599. The Balaban J connectivity index is 0.00000176. The third-order valence-corrected chi connectivity index (χ3v) is 3.97. The van der Waals surface area contributed by atoms with Gasteiger partial charge in [-0.05, 0) is 25.4 Å². The first kappa shape index (κ1) is 16.6. The fourth-order valence-corrected chi connectivity index (χ4v) is 2.55. The van der Waals surface area contributed by atoms with Gasteiger partial charge in [0.1, 0.15) is 0 Å². The molecule has 1 N–H and O–H groups in total. The van der Waals surface area contributed by atoms with E-state index < -0.39 is 0 Å². The van der Waals surface area contributed by atoms with Crippen molar-refractivity contribution in [2.45, 2.75) is 25.9 Å². The second-order valence-corrected chi connectivity index (χ2v) is 5.82. The van der Waals surface area contributed by atoms with Crippen molar-refractivity contribution in [3.05, 3.63) is 34.4 Å². The van der Waals surface area contributed by atoms with Gasteiger partial charge < -0.3 is 9.84 Å². The molecule has 3 aromatic rings. The molecule has 0 radical (unpaired) electrons. The summed E-state index contributed by atoms with van der Waals surface area (Å²) in [6.45, 7) is 2.76. The van der Waals surface area contributed by atoms with Crippen molar-refractivity contribution in [2.75, 3.05) is 7.05 Å². The van der Waals surface area contributed by atoms with Crippen LogP contribution in [0.2, 0.25) is 0 Å². The Morgan fingerprint density at radius 1 is 1.45 bits per heavy atom. The van der Waals surface area contributed by atoms with Crippen molar-refractivity contribution in [1.82, 2.24) is 30.5 Å². The smallest absolute Gasteiger partial charge is 0.280 e. The monoisotopic (exact) mass is 340 g/mol. The van der Waals surface area contributed by atoms with E-state index in [1.807, 2.05) is 24.7 Å². The molecule has 22 heavy (non-hydrogen) atoms. The van der Waals surface area contributed by atoms with Crippen molar-refractivity contribution < 1.29 is 4.52 Å². The molecule has 3 heterocycles. The van der Waals surface area contributed by atoms with Gasteiger partial charge in [-0.3, -0.25) is 0 Å². The Morgan fingerprint density at radius 3 is 3.05 bits per heavy atom. The maximum atomic E-state index is 5.24. The molecule has 118 valence electrons. The summed E-state index contributed by atoms with van der Waals surface area (Å²) in [4.78, 5) is 5.57. The third kappa shape index (κ3) is 3.90. The number of aromatic nitrogens is 5. The molecule has 0 amide bonds. The van der Waals surface area contributed by atoms with Gasteiger partial charge in [0.2, 0.25) is 0 Å². The Hall–Kier alpha value is -1.77. The van der Waals surface area contributed by atoms with Gasteiger partial charge in [0.15, 0.2) is 11.5 Å². The second-order valence-electron chi connectivity index (χ2n) is 4.79. The van der Waals surface area contributed by atoms with Gasteiger partial charge in [0.25, 0.3) is 5.89 Å². The van der Waals surface area contributed by atoms with Crippen molar-refractivity contribution >= 4 is 23.7 Å². The lowest BCUT2D eigenvalue weighted by atomic mass is 10.2. The molecule has 9 heteroatoms. The van der Waals surface area contributed by atoms with Gasteiger partial charge >= 0.3 is 0 Å². The quantitative estimate of drug-likeness (QED) is 0.739. The number of likely N-dealkylation sites (N-methyl/N-ethyl adjacent to an activating group) is 1. The molecule has 1 unspecified atom stereocenters. The summed E-state index contributed by atoms with van der Waals surface area (Å²) in [7, 11) is 1.90. The van der Waals surface area contributed by atoms with Crippen molar-refractivity contribution in [3.63, 3.8) is 0 Å². The van der Waals surface area contributed by atoms with Crippen LogP contribution in [0.5, 0.6) is 0 Å². The molecule has 0 spiro atoms. The van der Waals surface area contributed by atoms with Crippen LogP contribution in [0, 0.1) is 0 Å². The molecular formula is C13H17ClN6OS. The SMILES string of the molecule is CNC(C)Cc1noc(-c2cn(Cc3cccs3)nn2)n1.Cl. The van der Waals surface area contributed by atoms with Crippen LogP contribution in [-0.4, -0.2) is 38.2 Å². The van der Waals surface area contributed by atoms with Gasteiger partial charge in [-0.25, -0.2) is 4.68 Å². The van der Waals surface area contributed by atoms with E-state index in [1.54, 1.807) is 16.0 Å². The predicted octanol–water partition coefficient (Wildman–Crippen LogP) is 2.01. The van der Waals surface area contributed by atoms with Crippen LogP contribution in [0.15, 0.2) is 28.2 Å². The highest BCUT2D eigenvalue weighted by atomic mass is 35.5. The number of nitrogens with one attached hydrogen (secondary N) is 1. The van der Waals surface area contributed by atoms with E-state index in [1.165, 1.54) is 4.88 Å². The second kappa shape index (κ2) is 7.48. The van der Waals surface area contributed by atoms with Gasteiger partial charge in [0.05, 0.1) is 12.7 Å². The molecule has 3 aromatic heterocycles. The maximum Gasteiger partial charge on any atom is 0.280 e. The van der Waals surface area contributed by atoms with Gasteiger partial charge in [0, 0.05) is 17.3 Å². The largest absolute Gasteiger partial charge is 0.332 e. The van der Waals surface area contributed by atoms with Crippen LogP contribution in [0.4, 0.5) is 0 Å². The molecule has 0 aliphatic heterocycles. The first-order valence-electron chi connectivity index (χ1n) is 6.67. The average Bonchev–Trinajstić information content (AvgIpc) is 3.20. The zero-order valence-electron chi connectivity index (χ0n) is 12.3. The minimum Gasteiger partial charge on any atom is -0.332 e. The molecule has 0 saturated carbocycles. The Morgan fingerprint density at radius 2 is 2.32 bits per heavy atom. The molecule has 1 atom stereocenters. The van der Waals surface area contributed by atoms with Gasteiger partial charge in [-0.1, -0.05) is 16.4 Å². The summed E-state index contributed by atoms with van der Waals surface area (Å²) in [6, 6.07) is 4.38. The highest BCUT2D eigenvalue weighted by molar-refractivity contribution is 7.09. The number of hydrogen-bond donors (Lipinski definition) is 1. The number of halogens is 1. The number of rotatable bonds is 6. The van der Waals surface area contributed by atoms with Crippen LogP contribution < -0.4 is 5.32 Å². The minimum absolute atomic E-state index is 0. The molecule has 7 nitrogen and oxygen atoms in total. The van der Waals surface area contributed by atoms with E-state index >= 15 is 0 Å². The van der Waals surface area contributed by atoms with Crippen LogP contribution in [0.25, 0.3) is 11.6 Å². The Bertz CT molecular complexity index is 695. The maximum absolute atomic E-state index is 5.24. The molecule has 0 aromatic carbocycles. The molecule has 0 aliphatic rings. The number of hydrogen-bond acceptors (Lipinski definition) is 7. The first-order valence-corrected chi connectivity index (χ1v) is 7.55. The standard InChI is InChI=1S/C13H16N6OS.ClH/c1-9(14-2)6-12-15-13(20-17-12)11-8-19(18-16-11)7-10-4-3-5-21-10;/h3-5,8-9,14H,6-7H2,1-2H3;1H. The summed E-state index contributed by atoms with van der Waals surface area (Å²) in [5.74, 6) is 1.07. The molecular weight excluding hydrogens is 324 g/mol. The van der Waals surface area contributed by atoms with E-state index in [2.05, 4.69) is 38.8 Å². The minimum atomic E-state index is 0. The van der Waals surface area contributed by atoms with Gasteiger partial charge in [-0.2, -0.15) is 4.98 Å². The number of thiophene rings is 1. The fraction of sp³-hybridized carbons (Fsp3) is 0.385. The lowest BCUT2D eigenvalue weighted by molar-refractivity contribution is 0.417. The van der Waals surface area contributed by atoms with E-state index in [-0.39, 0.29) is 12.4 Å². The lowest BCUT2D eigenvalue weighted by Gasteiger charge is -2.04. The summed E-state index contributed by atoms with van der Waals surface area (Å²) >= 11 is 1.69. The van der Waals surface area contributed by atoms with Crippen molar-refractivity contribution in [3.8, 4) is 11.6 Å². The average molecular weight is 341 g/mol.